The summed E-state index contributed by atoms with van der Waals surface area (Å²) in [4.78, 5) is 0. The number of hydroxylamine groups is 2. The van der Waals surface area contributed by atoms with Crippen molar-refractivity contribution in [2.75, 3.05) is 7.05 Å². The van der Waals surface area contributed by atoms with Crippen molar-refractivity contribution in [2.24, 2.45) is 0 Å². The maximum atomic E-state index is 9.96. The van der Waals surface area contributed by atoms with Crippen LogP contribution in [0.4, 0.5) is 0 Å². The van der Waals surface area contributed by atoms with E-state index in [1.807, 2.05) is 7.05 Å². The van der Waals surface area contributed by atoms with Crippen LogP contribution in [0.1, 0.15) is 34.1 Å². The molecule has 0 aromatic rings. The maximum Gasteiger partial charge on any atom is 0.137 e. The Morgan fingerprint density at radius 3 is 2.00 bits per heavy atom. The summed E-state index contributed by atoms with van der Waals surface area (Å²) < 4.78 is 0. The van der Waals surface area contributed by atoms with Crippen molar-refractivity contribution in [2.45, 2.75) is 51.2 Å². The molecule has 3 nitrogen and oxygen atoms in total. The first-order chi connectivity index (χ1) is 5.32. The van der Waals surface area contributed by atoms with E-state index in [-0.39, 0.29) is 11.1 Å². The lowest BCUT2D eigenvalue weighted by Crippen LogP contribution is -3.22. The molecule has 1 aliphatic heterocycles. The molecule has 0 aliphatic carbocycles. The van der Waals surface area contributed by atoms with Gasteiger partial charge in [-0.3, -0.25) is 0 Å². The second-order valence-electron chi connectivity index (χ2n) is 5.00. The van der Waals surface area contributed by atoms with Gasteiger partial charge in [0.05, 0.1) is 6.04 Å². The average Bonchev–Trinajstić information content (AvgIpc) is 2.11. The van der Waals surface area contributed by atoms with Crippen molar-refractivity contribution in [3.05, 3.63) is 0 Å². The predicted molar refractivity (Wildman–Crippen MR) is 48.4 cm³/mol. The second-order valence-corrected chi connectivity index (χ2v) is 5.00. The average molecular weight is 173 g/mol. The summed E-state index contributed by atoms with van der Waals surface area (Å²) in [5.41, 5.74) is -0.116. The van der Waals surface area contributed by atoms with Crippen molar-refractivity contribution >= 4 is 0 Å². The summed E-state index contributed by atoms with van der Waals surface area (Å²) in [5, 5.41) is 13.9. The highest BCUT2D eigenvalue weighted by Crippen LogP contribution is 2.23. The SMILES string of the molecule is CNC1CC(C)(C)[NH+](O)C1(C)C. The quantitative estimate of drug-likeness (QED) is 0.514. The largest absolute Gasteiger partial charge is 0.311 e. The van der Waals surface area contributed by atoms with Gasteiger partial charge in [-0.05, 0) is 34.7 Å². The molecule has 0 bridgehead atoms. The number of nitrogens with one attached hydrogen (secondary N) is 2. The molecule has 72 valence electrons. The van der Waals surface area contributed by atoms with E-state index in [4.69, 9.17) is 0 Å². The zero-order valence-electron chi connectivity index (χ0n) is 8.73. The predicted octanol–water partition coefficient (Wildman–Crippen LogP) is -0.191. The van der Waals surface area contributed by atoms with Crippen LogP contribution in [0.2, 0.25) is 0 Å². The Morgan fingerprint density at radius 1 is 1.33 bits per heavy atom. The molecule has 0 aromatic carbocycles. The summed E-state index contributed by atoms with van der Waals surface area (Å²) in [7, 11) is 1.96. The molecule has 3 heteroatoms. The molecule has 2 unspecified atom stereocenters. The van der Waals surface area contributed by atoms with Crippen LogP contribution in [0, 0.1) is 0 Å². The maximum absolute atomic E-state index is 9.96. The van der Waals surface area contributed by atoms with Gasteiger partial charge in [0.15, 0.2) is 0 Å². The van der Waals surface area contributed by atoms with Crippen LogP contribution >= 0.6 is 0 Å². The summed E-state index contributed by atoms with van der Waals surface area (Å²) in [6, 6.07) is 0.396. The van der Waals surface area contributed by atoms with Gasteiger partial charge in [0.25, 0.3) is 0 Å². The van der Waals surface area contributed by atoms with Gasteiger partial charge in [-0.2, -0.15) is 5.06 Å². The van der Waals surface area contributed by atoms with Crippen molar-refractivity contribution in [1.29, 1.82) is 0 Å². The summed E-state index contributed by atoms with van der Waals surface area (Å²) in [6.07, 6.45) is 1.02. The molecule has 1 heterocycles. The van der Waals surface area contributed by atoms with Crippen LogP contribution in [0.3, 0.4) is 0 Å². The third-order valence-electron chi connectivity index (χ3n) is 3.19. The fourth-order valence-electron chi connectivity index (χ4n) is 2.36. The molecule has 0 saturated carbocycles. The third-order valence-corrected chi connectivity index (χ3v) is 3.19. The molecule has 1 fully saturated rings. The fraction of sp³-hybridized carbons (Fsp3) is 1.00. The first-order valence-electron chi connectivity index (χ1n) is 4.56. The molecule has 1 aliphatic rings. The van der Waals surface area contributed by atoms with Gasteiger partial charge < -0.3 is 5.32 Å². The molecular weight excluding hydrogens is 152 g/mol. The summed E-state index contributed by atoms with van der Waals surface area (Å²) in [5.74, 6) is 0. The second kappa shape index (κ2) is 2.69. The van der Waals surface area contributed by atoms with Gasteiger partial charge >= 0.3 is 0 Å². The molecule has 1 saturated heterocycles. The van der Waals surface area contributed by atoms with Crippen LogP contribution < -0.4 is 10.4 Å². The van der Waals surface area contributed by atoms with Crippen molar-refractivity contribution in [1.82, 2.24) is 5.32 Å². The molecule has 0 aromatic heterocycles. The van der Waals surface area contributed by atoms with E-state index in [1.54, 1.807) is 0 Å². The lowest BCUT2D eigenvalue weighted by Gasteiger charge is -2.31. The Balaban J connectivity index is 2.88. The number of hydrogen-bond acceptors (Lipinski definition) is 2. The molecule has 3 N–H and O–H groups in total. The zero-order valence-corrected chi connectivity index (χ0v) is 8.73. The molecule has 12 heavy (non-hydrogen) atoms. The molecule has 0 amide bonds. The number of likely N-dealkylation sites (N-methyl/N-ethyl adjacent to an activating group) is 1. The molecular formula is C9H21N2O+. The minimum absolute atomic E-state index is 0.0306. The number of rotatable bonds is 1. The smallest absolute Gasteiger partial charge is 0.137 e. The first-order valence-corrected chi connectivity index (χ1v) is 4.56. The van der Waals surface area contributed by atoms with Crippen LogP contribution in [-0.2, 0) is 0 Å². The summed E-state index contributed by atoms with van der Waals surface area (Å²) >= 11 is 0. The fourth-order valence-corrected chi connectivity index (χ4v) is 2.36. The Labute approximate surface area is 74.7 Å². The highest BCUT2D eigenvalue weighted by Gasteiger charge is 2.55. The van der Waals surface area contributed by atoms with E-state index < -0.39 is 0 Å². The number of hydrogen-bond donors (Lipinski definition) is 3. The highest BCUT2D eigenvalue weighted by atomic mass is 16.5. The topological polar surface area (TPSA) is 36.7 Å². The monoisotopic (exact) mass is 173 g/mol. The lowest BCUT2D eigenvalue weighted by atomic mass is 9.95. The minimum atomic E-state index is -0.0851. The van der Waals surface area contributed by atoms with Gasteiger partial charge in [-0.15, -0.1) is 0 Å². The Hall–Kier alpha value is -0.120. The third kappa shape index (κ3) is 1.26. The van der Waals surface area contributed by atoms with E-state index in [1.165, 1.54) is 0 Å². The van der Waals surface area contributed by atoms with Crippen LogP contribution in [0.5, 0.6) is 0 Å². The van der Waals surface area contributed by atoms with Gasteiger partial charge in [0, 0.05) is 6.42 Å². The minimum Gasteiger partial charge on any atom is -0.311 e. The van der Waals surface area contributed by atoms with E-state index in [0.717, 1.165) is 6.42 Å². The standard InChI is InChI=1S/C9H20N2O/c1-8(2)6-7(10-5)9(3,4)11(8)12/h7,10,12H,6H2,1-5H3/p+1. The number of quaternary nitrogens is 1. The van der Waals surface area contributed by atoms with Gasteiger partial charge in [0.1, 0.15) is 11.1 Å². The lowest BCUT2D eigenvalue weighted by molar-refractivity contribution is -1.15. The highest BCUT2D eigenvalue weighted by molar-refractivity contribution is 4.94. The normalized spacial score (nSPS) is 38.5. The van der Waals surface area contributed by atoms with Crippen LogP contribution in [-0.4, -0.2) is 29.4 Å². The van der Waals surface area contributed by atoms with Gasteiger partial charge in [0.2, 0.25) is 0 Å². The molecule has 0 spiro atoms. The molecule has 2 atom stereocenters. The van der Waals surface area contributed by atoms with Gasteiger partial charge in [-0.1, -0.05) is 0 Å². The van der Waals surface area contributed by atoms with E-state index >= 15 is 0 Å². The Kier molecular flexibility index (Phi) is 2.23. The van der Waals surface area contributed by atoms with E-state index in [0.29, 0.717) is 11.1 Å². The van der Waals surface area contributed by atoms with E-state index in [9.17, 15) is 5.21 Å². The van der Waals surface area contributed by atoms with Crippen molar-refractivity contribution in [3.63, 3.8) is 0 Å². The van der Waals surface area contributed by atoms with Gasteiger partial charge in [-0.25, -0.2) is 5.21 Å². The summed E-state index contributed by atoms with van der Waals surface area (Å²) in [6.45, 7) is 8.39. The zero-order chi connectivity index (χ0) is 9.57. The first kappa shape index (κ1) is 9.96. The van der Waals surface area contributed by atoms with Crippen LogP contribution in [0.15, 0.2) is 0 Å². The Morgan fingerprint density at radius 2 is 1.83 bits per heavy atom. The van der Waals surface area contributed by atoms with Crippen molar-refractivity contribution in [3.8, 4) is 0 Å². The molecule has 1 rings (SSSR count). The molecule has 0 radical (unpaired) electrons. The van der Waals surface area contributed by atoms with Crippen LogP contribution in [0.25, 0.3) is 0 Å². The Bertz CT molecular complexity index is 177. The van der Waals surface area contributed by atoms with E-state index in [2.05, 4.69) is 33.0 Å². The van der Waals surface area contributed by atoms with Crippen molar-refractivity contribution < 1.29 is 10.3 Å².